The fourth-order valence-corrected chi connectivity index (χ4v) is 4.05. The van der Waals surface area contributed by atoms with E-state index in [9.17, 15) is 14.4 Å². The number of benzene rings is 1. The van der Waals surface area contributed by atoms with E-state index < -0.39 is 17.2 Å². The summed E-state index contributed by atoms with van der Waals surface area (Å²) in [6.07, 6.45) is 3.36. The molecule has 0 bridgehead atoms. The van der Waals surface area contributed by atoms with Crippen molar-refractivity contribution < 1.29 is 14.4 Å². The molecular weight excluding hydrogens is 242 g/mol. The van der Waals surface area contributed by atoms with Crippen molar-refractivity contribution >= 4 is 17.6 Å². The largest absolute Gasteiger partial charge is 0.295 e. The van der Waals surface area contributed by atoms with E-state index in [-0.39, 0.29) is 11.7 Å². The molecule has 1 N–H and O–H groups in total. The summed E-state index contributed by atoms with van der Waals surface area (Å²) in [5.41, 5.74) is 1.59. The molecule has 0 saturated carbocycles. The Morgan fingerprint density at radius 1 is 1.16 bits per heavy atom. The molecule has 1 fully saturated rings. The second-order valence-corrected chi connectivity index (χ2v) is 5.63. The van der Waals surface area contributed by atoms with Gasteiger partial charge in [0.1, 0.15) is 5.92 Å². The molecule has 0 radical (unpaired) electrons. The molecule has 19 heavy (non-hydrogen) atoms. The lowest BCUT2D eigenvalue weighted by molar-refractivity contribution is -0.126. The molecule has 0 unspecified atom stereocenters. The average molecular weight is 255 g/mol. The number of Topliss-reactive ketones (excluding diaryl/α,β-unsaturated/α-hetero) is 1. The number of aryl methyl sites for hydroxylation is 1. The van der Waals surface area contributed by atoms with Crippen molar-refractivity contribution in [2.45, 2.75) is 31.1 Å². The molecule has 4 nitrogen and oxygen atoms in total. The van der Waals surface area contributed by atoms with Gasteiger partial charge in [0.05, 0.1) is 5.41 Å². The first-order valence-electron chi connectivity index (χ1n) is 6.68. The summed E-state index contributed by atoms with van der Waals surface area (Å²) in [6.45, 7) is 0. The number of carbonyl (C=O) groups is 3. The first-order chi connectivity index (χ1) is 9.16. The Balaban J connectivity index is 2.10. The second-order valence-electron chi connectivity index (χ2n) is 5.63. The molecule has 1 aromatic rings. The summed E-state index contributed by atoms with van der Waals surface area (Å²) in [5, 5.41) is 2.37. The zero-order valence-corrected chi connectivity index (χ0v) is 10.4. The molecule has 2 atom stereocenters. The maximum atomic E-state index is 12.5. The standard InChI is InChI=1S/C15H13NO3/c17-12-9-6-3-5-8-4-1-2-7-15(10(8)9)11(12)13(18)16-14(15)19/h3,5-6,11H,1-2,4,7H2,(H,16,18,19)/t11-,15-/m1/s1. The Morgan fingerprint density at radius 2 is 2.00 bits per heavy atom. The zero-order chi connectivity index (χ0) is 13.2. The Bertz CT molecular complexity index is 649. The number of hydrogen-bond acceptors (Lipinski definition) is 3. The first-order valence-corrected chi connectivity index (χ1v) is 6.68. The summed E-state index contributed by atoms with van der Waals surface area (Å²) in [6, 6.07) is 5.60. The zero-order valence-electron chi connectivity index (χ0n) is 10.4. The lowest BCUT2D eigenvalue weighted by atomic mass is 9.72. The molecule has 1 heterocycles. The van der Waals surface area contributed by atoms with E-state index in [1.807, 2.05) is 12.1 Å². The number of ketones is 1. The predicted octanol–water partition coefficient (Wildman–Crippen LogP) is 1.12. The molecule has 0 aromatic heterocycles. The summed E-state index contributed by atoms with van der Waals surface area (Å²) >= 11 is 0. The molecule has 96 valence electrons. The van der Waals surface area contributed by atoms with Crippen LogP contribution in [0.15, 0.2) is 18.2 Å². The van der Waals surface area contributed by atoms with Gasteiger partial charge in [-0.05, 0) is 30.4 Å². The van der Waals surface area contributed by atoms with Crippen molar-refractivity contribution in [3.05, 3.63) is 34.9 Å². The predicted molar refractivity (Wildman–Crippen MR) is 66.6 cm³/mol. The lowest BCUT2D eigenvalue weighted by Crippen LogP contribution is -2.38. The van der Waals surface area contributed by atoms with Crippen molar-refractivity contribution in [2.24, 2.45) is 5.92 Å². The highest BCUT2D eigenvalue weighted by molar-refractivity contribution is 6.27. The maximum Gasteiger partial charge on any atom is 0.238 e. The van der Waals surface area contributed by atoms with Crippen molar-refractivity contribution in [1.82, 2.24) is 5.32 Å². The fourth-order valence-electron chi connectivity index (χ4n) is 4.05. The number of imide groups is 1. The molecule has 1 aromatic carbocycles. The van der Waals surface area contributed by atoms with Gasteiger partial charge in [0.25, 0.3) is 0 Å². The van der Waals surface area contributed by atoms with Gasteiger partial charge in [-0.3, -0.25) is 19.7 Å². The molecule has 4 rings (SSSR count). The van der Waals surface area contributed by atoms with Crippen LogP contribution in [-0.2, 0) is 21.4 Å². The van der Waals surface area contributed by atoms with Gasteiger partial charge in [-0.15, -0.1) is 0 Å². The topological polar surface area (TPSA) is 63.2 Å². The van der Waals surface area contributed by atoms with Crippen LogP contribution in [0, 0.1) is 5.92 Å². The average Bonchev–Trinajstić information content (AvgIpc) is 2.69. The summed E-state index contributed by atoms with van der Waals surface area (Å²) in [5.74, 6) is -1.70. The quantitative estimate of drug-likeness (QED) is 0.558. The Labute approximate surface area is 110 Å². The van der Waals surface area contributed by atoms with Crippen LogP contribution in [-0.4, -0.2) is 17.6 Å². The van der Waals surface area contributed by atoms with Gasteiger partial charge in [-0.1, -0.05) is 24.6 Å². The van der Waals surface area contributed by atoms with E-state index in [0.717, 1.165) is 30.4 Å². The minimum Gasteiger partial charge on any atom is -0.295 e. The van der Waals surface area contributed by atoms with E-state index >= 15 is 0 Å². The molecule has 1 spiro atoms. The third-order valence-electron chi connectivity index (χ3n) is 4.79. The molecule has 2 amide bonds. The van der Waals surface area contributed by atoms with Crippen molar-refractivity contribution in [2.75, 3.05) is 0 Å². The van der Waals surface area contributed by atoms with Gasteiger partial charge >= 0.3 is 0 Å². The first kappa shape index (κ1) is 10.9. The highest BCUT2D eigenvalue weighted by Crippen LogP contribution is 2.52. The van der Waals surface area contributed by atoms with Gasteiger partial charge in [0.2, 0.25) is 11.8 Å². The third-order valence-corrected chi connectivity index (χ3v) is 4.79. The third kappa shape index (κ3) is 1.08. The van der Waals surface area contributed by atoms with Crippen molar-refractivity contribution in [3.63, 3.8) is 0 Å². The van der Waals surface area contributed by atoms with Crippen LogP contribution in [0.1, 0.15) is 40.7 Å². The van der Waals surface area contributed by atoms with Gasteiger partial charge in [-0.2, -0.15) is 0 Å². The molecule has 1 saturated heterocycles. The summed E-state index contributed by atoms with van der Waals surface area (Å²) in [7, 11) is 0. The Hall–Kier alpha value is -1.97. The highest BCUT2D eigenvalue weighted by atomic mass is 16.2. The molecule has 4 heteroatoms. The lowest BCUT2D eigenvalue weighted by Gasteiger charge is -2.25. The Morgan fingerprint density at radius 3 is 2.84 bits per heavy atom. The number of carbonyl (C=O) groups excluding carboxylic acids is 3. The van der Waals surface area contributed by atoms with Crippen LogP contribution < -0.4 is 5.32 Å². The van der Waals surface area contributed by atoms with E-state index in [0.29, 0.717) is 12.0 Å². The minimum absolute atomic E-state index is 0.179. The summed E-state index contributed by atoms with van der Waals surface area (Å²) < 4.78 is 0. The van der Waals surface area contributed by atoms with Crippen LogP contribution in [0.25, 0.3) is 0 Å². The molecule has 2 aliphatic carbocycles. The second kappa shape index (κ2) is 3.32. The number of nitrogens with one attached hydrogen (secondary N) is 1. The van der Waals surface area contributed by atoms with Crippen molar-refractivity contribution in [3.8, 4) is 0 Å². The smallest absolute Gasteiger partial charge is 0.238 e. The van der Waals surface area contributed by atoms with Gasteiger partial charge in [-0.25, -0.2) is 0 Å². The minimum atomic E-state index is -0.906. The summed E-state index contributed by atoms with van der Waals surface area (Å²) in [4.78, 5) is 36.9. The van der Waals surface area contributed by atoms with Gasteiger partial charge < -0.3 is 0 Å². The van der Waals surface area contributed by atoms with Gasteiger partial charge in [0, 0.05) is 5.56 Å². The maximum absolute atomic E-state index is 12.5. The van der Waals surface area contributed by atoms with Crippen LogP contribution in [0.4, 0.5) is 0 Å². The van der Waals surface area contributed by atoms with E-state index in [1.165, 1.54) is 0 Å². The van der Waals surface area contributed by atoms with Crippen LogP contribution >= 0.6 is 0 Å². The van der Waals surface area contributed by atoms with E-state index in [4.69, 9.17) is 0 Å². The van der Waals surface area contributed by atoms with E-state index in [1.54, 1.807) is 6.07 Å². The number of amides is 2. The molecule has 1 aliphatic heterocycles. The molecular formula is C15H13NO3. The fraction of sp³-hybridized carbons (Fsp3) is 0.400. The number of rotatable bonds is 0. The van der Waals surface area contributed by atoms with Crippen molar-refractivity contribution in [1.29, 1.82) is 0 Å². The van der Waals surface area contributed by atoms with Crippen LogP contribution in [0.3, 0.4) is 0 Å². The molecule has 3 aliphatic rings. The normalized spacial score (nSPS) is 31.8. The monoisotopic (exact) mass is 255 g/mol. The highest BCUT2D eigenvalue weighted by Gasteiger charge is 2.65. The van der Waals surface area contributed by atoms with Crippen LogP contribution in [0.5, 0.6) is 0 Å². The number of hydrogen-bond donors (Lipinski definition) is 1. The Kier molecular flexibility index (Phi) is 1.91. The van der Waals surface area contributed by atoms with E-state index in [2.05, 4.69) is 5.32 Å². The SMILES string of the molecule is O=C1NC(=O)[C@]23CCCCc4cccc(c42)C(=O)[C@H]13. The van der Waals surface area contributed by atoms with Gasteiger partial charge in [0.15, 0.2) is 5.78 Å². The van der Waals surface area contributed by atoms with Crippen LogP contribution in [0.2, 0.25) is 0 Å².